The topological polar surface area (TPSA) is 54.4 Å². The van der Waals surface area contributed by atoms with Gasteiger partial charge < -0.3 is 5.11 Å². The molecule has 0 aromatic carbocycles. The Labute approximate surface area is 201 Å². The van der Waals surface area contributed by atoms with Crippen LogP contribution in [-0.4, -0.2) is 16.9 Å². The van der Waals surface area contributed by atoms with Gasteiger partial charge in [-0.2, -0.15) is 0 Å². The SMILES string of the molecule is C=C(C)[C@H]1CC[C@]2(C(=O)O)CC[C@]3(C)[C@@H](CC[C@H]4[C@@]5(C)CCC(=O)C(C)(C)[C@@H]5CC[C@]43C)[C@@H]12. The van der Waals surface area contributed by atoms with Crippen LogP contribution in [-0.2, 0) is 9.59 Å². The Morgan fingerprint density at radius 3 is 2.21 bits per heavy atom. The van der Waals surface area contributed by atoms with Crippen LogP contribution in [0.5, 0.6) is 0 Å². The number of aliphatic carboxylic acids is 1. The van der Waals surface area contributed by atoms with E-state index in [9.17, 15) is 14.7 Å². The van der Waals surface area contributed by atoms with Crippen molar-refractivity contribution in [1.29, 1.82) is 0 Å². The largest absolute Gasteiger partial charge is 0.481 e. The minimum atomic E-state index is -0.547. The number of Topliss-reactive ketones (excluding diaryl/α,β-unsaturated/α-hetero) is 1. The number of rotatable bonds is 2. The molecule has 0 saturated heterocycles. The average molecular weight is 455 g/mol. The van der Waals surface area contributed by atoms with Crippen molar-refractivity contribution in [3.8, 4) is 0 Å². The molecule has 0 amide bonds. The second kappa shape index (κ2) is 6.97. The predicted molar refractivity (Wildman–Crippen MR) is 132 cm³/mol. The third kappa shape index (κ3) is 2.69. The third-order valence-corrected chi connectivity index (χ3v) is 13.2. The molecule has 3 heteroatoms. The minimum Gasteiger partial charge on any atom is -0.481 e. The number of carbonyl (C=O) groups excluding carboxylic acids is 1. The molecule has 5 rings (SSSR count). The first-order valence-electron chi connectivity index (χ1n) is 13.7. The molecular weight excluding hydrogens is 408 g/mol. The third-order valence-electron chi connectivity index (χ3n) is 13.2. The van der Waals surface area contributed by atoms with Gasteiger partial charge in [-0.05, 0) is 111 Å². The molecule has 0 bridgehead atoms. The number of carboxylic acids is 1. The first kappa shape index (κ1) is 23.6. The fourth-order valence-corrected chi connectivity index (χ4v) is 11.3. The highest BCUT2D eigenvalue weighted by Crippen LogP contribution is 2.77. The van der Waals surface area contributed by atoms with Crippen LogP contribution < -0.4 is 0 Å². The van der Waals surface area contributed by atoms with Gasteiger partial charge in [0.2, 0.25) is 0 Å². The lowest BCUT2D eigenvalue weighted by Crippen LogP contribution is -2.66. The van der Waals surface area contributed by atoms with Gasteiger partial charge >= 0.3 is 5.97 Å². The standard InChI is InChI=1S/C30H46O3/c1-18(2)19-10-15-30(25(32)33)17-16-28(6)20(24(19)30)8-9-22-27(5)13-12-23(31)26(3,4)21(27)11-14-29(22,28)7/h19-22,24H,1,8-17H2,2-7H3,(H,32,33)/t19-,20+,21+,22+,24-,27+,28-,29-,30+/m1/s1. The van der Waals surface area contributed by atoms with E-state index in [0.29, 0.717) is 29.5 Å². The summed E-state index contributed by atoms with van der Waals surface area (Å²) in [6, 6.07) is 0. The van der Waals surface area contributed by atoms with Gasteiger partial charge in [-0.3, -0.25) is 9.59 Å². The number of allylic oxidation sites excluding steroid dienone is 1. The molecule has 0 aliphatic heterocycles. The summed E-state index contributed by atoms with van der Waals surface area (Å²) in [6.45, 7) is 18.5. The zero-order valence-electron chi connectivity index (χ0n) is 21.9. The molecule has 0 aromatic rings. The van der Waals surface area contributed by atoms with Crippen molar-refractivity contribution in [1.82, 2.24) is 0 Å². The Kier molecular flexibility index (Phi) is 4.99. The van der Waals surface area contributed by atoms with Crippen molar-refractivity contribution < 1.29 is 14.7 Å². The highest BCUT2D eigenvalue weighted by Gasteiger charge is 2.72. The number of hydrogen-bond donors (Lipinski definition) is 1. The van der Waals surface area contributed by atoms with E-state index in [4.69, 9.17) is 0 Å². The zero-order chi connectivity index (χ0) is 24.2. The maximum absolute atomic E-state index is 12.9. The summed E-state index contributed by atoms with van der Waals surface area (Å²) in [5, 5.41) is 10.5. The van der Waals surface area contributed by atoms with Crippen LogP contribution in [0.4, 0.5) is 0 Å². The van der Waals surface area contributed by atoms with Crippen LogP contribution in [0.1, 0.15) is 106 Å². The van der Waals surface area contributed by atoms with Crippen LogP contribution in [0.2, 0.25) is 0 Å². The van der Waals surface area contributed by atoms with Crippen LogP contribution in [0.3, 0.4) is 0 Å². The molecule has 5 aliphatic rings. The molecule has 1 N–H and O–H groups in total. The smallest absolute Gasteiger partial charge is 0.309 e. The van der Waals surface area contributed by atoms with Crippen molar-refractivity contribution in [2.24, 2.45) is 56.7 Å². The van der Waals surface area contributed by atoms with E-state index in [-0.39, 0.29) is 27.6 Å². The molecule has 0 radical (unpaired) electrons. The summed E-state index contributed by atoms with van der Waals surface area (Å²) in [5.41, 5.74) is 1.03. The van der Waals surface area contributed by atoms with Gasteiger partial charge in [0.15, 0.2) is 0 Å². The van der Waals surface area contributed by atoms with E-state index in [0.717, 1.165) is 51.4 Å². The van der Waals surface area contributed by atoms with E-state index in [2.05, 4.69) is 48.1 Å². The van der Waals surface area contributed by atoms with Gasteiger partial charge in [-0.1, -0.05) is 46.8 Å². The van der Waals surface area contributed by atoms with E-state index >= 15 is 0 Å². The maximum atomic E-state index is 12.9. The number of hydrogen-bond acceptors (Lipinski definition) is 2. The fraction of sp³-hybridized carbons (Fsp3) is 0.867. The fourth-order valence-electron chi connectivity index (χ4n) is 11.3. The lowest BCUT2D eigenvalue weighted by molar-refractivity contribution is -0.235. The van der Waals surface area contributed by atoms with E-state index in [1.165, 1.54) is 18.4 Å². The second-order valence-electron chi connectivity index (χ2n) is 14.3. The highest BCUT2D eigenvalue weighted by molar-refractivity contribution is 5.85. The highest BCUT2D eigenvalue weighted by atomic mass is 16.4. The first-order valence-corrected chi connectivity index (χ1v) is 13.7. The summed E-state index contributed by atoms with van der Waals surface area (Å²) >= 11 is 0. The monoisotopic (exact) mass is 454 g/mol. The Morgan fingerprint density at radius 1 is 0.879 bits per heavy atom. The molecule has 5 fully saturated rings. The lowest BCUT2D eigenvalue weighted by Gasteiger charge is -2.72. The number of carboxylic acid groups (broad SMARTS) is 1. The Morgan fingerprint density at radius 2 is 1.58 bits per heavy atom. The lowest BCUT2D eigenvalue weighted by atomic mass is 9.32. The molecule has 184 valence electrons. The first-order chi connectivity index (χ1) is 15.3. The van der Waals surface area contributed by atoms with E-state index < -0.39 is 11.4 Å². The number of carbonyl (C=O) groups is 2. The van der Waals surface area contributed by atoms with Gasteiger partial charge in [-0.25, -0.2) is 0 Å². The van der Waals surface area contributed by atoms with Crippen LogP contribution in [0.25, 0.3) is 0 Å². The minimum absolute atomic E-state index is 0.164. The molecule has 9 atom stereocenters. The molecule has 0 aromatic heterocycles. The molecule has 0 heterocycles. The van der Waals surface area contributed by atoms with Gasteiger partial charge in [0.25, 0.3) is 0 Å². The second-order valence-corrected chi connectivity index (χ2v) is 14.3. The molecule has 3 nitrogen and oxygen atoms in total. The van der Waals surface area contributed by atoms with Gasteiger partial charge in [0.1, 0.15) is 5.78 Å². The summed E-state index contributed by atoms with van der Waals surface area (Å²) in [6.07, 6.45) is 10.1. The number of ketones is 1. The van der Waals surface area contributed by atoms with Crippen LogP contribution in [0, 0.1) is 56.7 Å². The van der Waals surface area contributed by atoms with Crippen LogP contribution >= 0.6 is 0 Å². The Bertz CT molecular complexity index is 902. The summed E-state index contributed by atoms with van der Waals surface area (Å²) in [5.74, 6) is 2.07. The van der Waals surface area contributed by atoms with Crippen molar-refractivity contribution in [2.45, 2.75) is 106 Å². The Hall–Kier alpha value is -1.12. The maximum Gasteiger partial charge on any atom is 0.309 e. The zero-order valence-corrected chi connectivity index (χ0v) is 21.9. The van der Waals surface area contributed by atoms with Gasteiger partial charge in [0, 0.05) is 11.8 Å². The molecule has 0 unspecified atom stereocenters. The van der Waals surface area contributed by atoms with Gasteiger partial charge in [-0.15, -0.1) is 0 Å². The van der Waals surface area contributed by atoms with E-state index in [1.807, 2.05) is 0 Å². The van der Waals surface area contributed by atoms with Crippen molar-refractivity contribution in [3.63, 3.8) is 0 Å². The molecule has 0 spiro atoms. The molecule has 5 aliphatic carbocycles. The summed E-state index contributed by atoms with van der Waals surface area (Å²) in [4.78, 5) is 25.7. The molecule has 5 saturated carbocycles. The van der Waals surface area contributed by atoms with E-state index in [1.54, 1.807) is 0 Å². The normalized spacial score (nSPS) is 52.8. The quantitative estimate of drug-likeness (QED) is 0.445. The number of fused-ring (bicyclic) bond motifs is 7. The molecule has 33 heavy (non-hydrogen) atoms. The Balaban J connectivity index is 1.57. The predicted octanol–water partition coefficient (Wildman–Crippen LogP) is 7.30. The summed E-state index contributed by atoms with van der Waals surface area (Å²) < 4.78 is 0. The van der Waals surface area contributed by atoms with Crippen molar-refractivity contribution >= 4 is 11.8 Å². The summed E-state index contributed by atoms with van der Waals surface area (Å²) in [7, 11) is 0. The molecular formula is C30H46O3. The van der Waals surface area contributed by atoms with Crippen molar-refractivity contribution in [3.05, 3.63) is 12.2 Å². The van der Waals surface area contributed by atoms with Crippen LogP contribution in [0.15, 0.2) is 12.2 Å². The van der Waals surface area contributed by atoms with Gasteiger partial charge in [0.05, 0.1) is 5.41 Å². The average Bonchev–Trinajstić information content (AvgIpc) is 3.13. The van der Waals surface area contributed by atoms with Crippen molar-refractivity contribution in [2.75, 3.05) is 0 Å².